The van der Waals surface area contributed by atoms with Crippen LogP contribution in [0.4, 0.5) is 0 Å². The maximum absolute atomic E-state index is 8.32. The van der Waals surface area contributed by atoms with Gasteiger partial charge in [-0.25, -0.2) is 4.68 Å². The number of rotatable bonds is 1. The first-order valence-electron chi connectivity index (χ1n) is 2.40. The number of hydrogen-bond acceptors (Lipinski definition) is 4. The second-order valence-electron chi connectivity index (χ2n) is 1.53. The van der Waals surface area contributed by atoms with Crippen molar-refractivity contribution in [1.29, 1.82) is 5.26 Å². The number of nitrogens with zero attached hydrogens (tertiary/aromatic N) is 5. The van der Waals surface area contributed by atoms with Crippen molar-refractivity contribution in [2.75, 3.05) is 0 Å². The van der Waals surface area contributed by atoms with Crippen LogP contribution in [0, 0.1) is 17.7 Å². The van der Waals surface area contributed by atoms with Gasteiger partial charge >= 0.3 is 0 Å². The highest BCUT2D eigenvalue weighted by Gasteiger charge is 2.01. The first kappa shape index (κ1) is 5.69. The van der Waals surface area contributed by atoms with E-state index in [0.717, 1.165) is 0 Å². The molecule has 0 aromatic carbocycles. The zero-order valence-electron chi connectivity index (χ0n) is 4.81. The Balaban J connectivity index is 2.80. The minimum atomic E-state index is -0.333. The fourth-order valence-corrected chi connectivity index (χ4v) is 0.368. The molecule has 0 saturated carbocycles. The third kappa shape index (κ3) is 1.02. The molecule has 1 atom stereocenters. The first-order valence-corrected chi connectivity index (χ1v) is 2.40. The molecule has 0 amide bonds. The molecule has 0 aliphatic heterocycles. The molecule has 1 heterocycles. The van der Waals surface area contributed by atoms with E-state index in [-0.39, 0.29) is 6.04 Å². The van der Waals surface area contributed by atoms with E-state index in [1.165, 1.54) is 4.68 Å². The summed E-state index contributed by atoms with van der Waals surface area (Å²) in [6, 6.07) is 1.62. The van der Waals surface area contributed by atoms with Crippen LogP contribution in [-0.4, -0.2) is 20.2 Å². The Hall–Kier alpha value is -1.44. The van der Waals surface area contributed by atoms with Gasteiger partial charge in [0, 0.05) is 0 Å². The summed E-state index contributed by atoms with van der Waals surface area (Å²) >= 11 is 0. The maximum Gasteiger partial charge on any atom is 0.222 e. The summed E-state index contributed by atoms with van der Waals surface area (Å²) in [5.74, 6) is 0. The number of hydrogen-bond donors (Lipinski definition) is 0. The van der Waals surface area contributed by atoms with E-state index in [2.05, 4.69) is 21.9 Å². The Morgan fingerprint density at radius 1 is 1.78 bits per heavy atom. The third-order valence-corrected chi connectivity index (χ3v) is 0.882. The fraction of sp³-hybridized carbons (Fsp3) is 0.500. The average Bonchev–Trinajstić information content (AvgIpc) is 2.37. The van der Waals surface area contributed by atoms with E-state index < -0.39 is 0 Å². The molecule has 5 nitrogen and oxygen atoms in total. The second kappa shape index (κ2) is 2.22. The average molecular weight is 122 g/mol. The highest BCUT2D eigenvalue weighted by atomic mass is 15.5. The van der Waals surface area contributed by atoms with Gasteiger partial charge in [-0.15, -0.1) is 5.10 Å². The highest BCUT2D eigenvalue weighted by Crippen LogP contribution is 1.95. The minimum absolute atomic E-state index is 0.333. The maximum atomic E-state index is 8.32. The summed E-state index contributed by atoms with van der Waals surface area (Å²) in [5.41, 5.74) is 0. The molecule has 1 rings (SSSR count). The lowest BCUT2D eigenvalue weighted by atomic mass is 10.4. The van der Waals surface area contributed by atoms with Gasteiger partial charge in [0.05, 0.1) is 6.07 Å². The molecule has 1 unspecified atom stereocenters. The van der Waals surface area contributed by atoms with Crippen LogP contribution in [0.2, 0.25) is 0 Å². The molecule has 0 spiro atoms. The molecule has 0 aliphatic rings. The molecule has 0 aliphatic carbocycles. The standard InChI is InChI=1S/C4H4N5/c1-4(2-5)9-3-6-7-8-9/h4H,1H3. The monoisotopic (exact) mass is 122 g/mol. The smallest absolute Gasteiger partial charge is 0.205 e. The first-order chi connectivity index (χ1) is 4.34. The second-order valence-corrected chi connectivity index (χ2v) is 1.53. The fourth-order valence-electron chi connectivity index (χ4n) is 0.368. The van der Waals surface area contributed by atoms with E-state index >= 15 is 0 Å². The van der Waals surface area contributed by atoms with Crippen LogP contribution >= 0.6 is 0 Å². The van der Waals surface area contributed by atoms with Crippen LogP contribution in [0.25, 0.3) is 0 Å². The Kier molecular flexibility index (Phi) is 1.40. The summed E-state index contributed by atoms with van der Waals surface area (Å²) in [4.78, 5) is 0. The number of aromatic nitrogens is 4. The molecule has 9 heavy (non-hydrogen) atoms. The normalized spacial score (nSPS) is 12.4. The van der Waals surface area contributed by atoms with Crippen LogP contribution in [0.15, 0.2) is 0 Å². The van der Waals surface area contributed by atoms with Crippen LogP contribution < -0.4 is 0 Å². The molecule has 1 aromatic rings. The minimum Gasteiger partial charge on any atom is -0.205 e. The lowest BCUT2D eigenvalue weighted by Crippen LogP contribution is -2.02. The van der Waals surface area contributed by atoms with Crippen LogP contribution in [0.3, 0.4) is 0 Å². The van der Waals surface area contributed by atoms with Crippen molar-refractivity contribution in [3.8, 4) is 6.07 Å². The molecule has 5 heteroatoms. The molecule has 1 aromatic heterocycles. The molecule has 0 N–H and O–H groups in total. The van der Waals surface area contributed by atoms with E-state index in [4.69, 9.17) is 5.26 Å². The summed E-state index contributed by atoms with van der Waals surface area (Å²) < 4.78 is 1.26. The van der Waals surface area contributed by atoms with Gasteiger partial charge in [0.25, 0.3) is 0 Å². The van der Waals surface area contributed by atoms with Gasteiger partial charge in [-0.1, -0.05) is 0 Å². The van der Waals surface area contributed by atoms with Crippen molar-refractivity contribution in [3.05, 3.63) is 6.33 Å². The van der Waals surface area contributed by atoms with Gasteiger partial charge in [-0.2, -0.15) is 5.26 Å². The third-order valence-electron chi connectivity index (χ3n) is 0.882. The zero-order valence-corrected chi connectivity index (χ0v) is 4.81. The van der Waals surface area contributed by atoms with Crippen molar-refractivity contribution in [3.63, 3.8) is 0 Å². The van der Waals surface area contributed by atoms with Crippen molar-refractivity contribution >= 4 is 0 Å². The molecule has 1 radical (unpaired) electrons. The predicted molar refractivity (Wildman–Crippen MR) is 27.0 cm³/mol. The molecule has 45 valence electrons. The Labute approximate surface area is 51.9 Å². The van der Waals surface area contributed by atoms with Crippen LogP contribution in [-0.2, 0) is 0 Å². The van der Waals surface area contributed by atoms with Crippen molar-refractivity contribution in [2.24, 2.45) is 0 Å². The number of tetrazole rings is 1. The Morgan fingerprint density at radius 3 is 3.00 bits per heavy atom. The molecule has 0 fully saturated rings. The topological polar surface area (TPSA) is 67.4 Å². The lowest BCUT2D eigenvalue weighted by Gasteiger charge is -1.94. The van der Waals surface area contributed by atoms with Gasteiger partial charge in [0.15, 0.2) is 0 Å². The van der Waals surface area contributed by atoms with Gasteiger partial charge in [-0.05, 0) is 17.4 Å². The van der Waals surface area contributed by atoms with E-state index in [9.17, 15) is 0 Å². The van der Waals surface area contributed by atoms with Gasteiger partial charge in [0.2, 0.25) is 6.33 Å². The summed E-state index contributed by atoms with van der Waals surface area (Å²) in [7, 11) is 0. The molecule has 0 saturated heterocycles. The summed E-state index contributed by atoms with van der Waals surface area (Å²) in [6.45, 7) is 1.69. The molecule has 0 bridgehead atoms. The van der Waals surface area contributed by atoms with Crippen molar-refractivity contribution in [1.82, 2.24) is 20.2 Å². The van der Waals surface area contributed by atoms with Gasteiger partial charge in [0.1, 0.15) is 6.04 Å². The van der Waals surface area contributed by atoms with Gasteiger partial charge < -0.3 is 0 Å². The molecular weight excluding hydrogens is 118 g/mol. The number of nitriles is 1. The Morgan fingerprint density at radius 2 is 2.56 bits per heavy atom. The molecular formula is C4H4N5. The largest absolute Gasteiger partial charge is 0.222 e. The van der Waals surface area contributed by atoms with E-state index in [1.807, 2.05) is 6.07 Å². The Bertz CT molecular complexity index is 207. The lowest BCUT2D eigenvalue weighted by molar-refractivity contribution is 0.563. The quantitative estimate of drug-likeness (QED) is 0.506. The zero-order chi connectivity index (χ0) is 6.69. The summed E-state index contributed by atoms with van der Waals surface area (Å²) in [6.07, 6.45) is 2.41. The SMILES string of the molecule is CC(C#N)n1[c]nnn1. The van der Waals surface area contributed by atoms with Gasteiger partial charge in [-0.3, -0.25) is 0 Å². The van der Waals surface area contributed by atoms with Crippen LogP contribution in [0.1, 0.15) is 13.0 Å². The van der Waals surface area contributed by atoms with E-state index in [1.54, 1.807) is 6.92 Å². The highest BCUT2D eigenvalue weighted by molar-refractivity contribution is 4.81. The van der Waals surface area contributed by atoms with E-state index in [0.29, 0.717) is 0 Å². The van der Waals surface area contributed by atoms with Crippen molar-refractivity contribution < 1.29 is 0 Å². The van der Waals surface area contributed by atoms with Crippen LogP contribution in [0.5, 0.6) is 0 Å². The van der Waals surface area contributed by atoms with Crippen molar-refractivity contribution in [2.45, 2.75) is 13.0 Å². The summed E-state index contributed by atoms with van der Waals surface area (Å²) in [5, 5.41) is 18.3. The predicted octanol–water partition coefficient (Wildman–Crippen LogP) is -0.442.